The number of hydrogen-bond acceptors (Lipinski definition) is 5. The van der Waals surface area contributed by atoms with Gasteiger partial charge in [0.25, 0.3) is 5.91 Å². The van der Waals surface area contributed by atoms with Gasteiger partial charge in [-0.05, 0) is 51.0 Å². The summed E-state index contributed by atoms with van der Waals surface area (Å²) in [4.78, 5) is 26.3. The molecule has 5 rings (SSSR count). The van der Waals surface area contributed by atoms with Gasteiger partial charge in [0.05, 0.1) is 24.9 Å². The molecule has 174 valence electrons. The summed E-state index contributed by atoms with van der Waals surface area (Å²) in [5, 5.41) is 9.26. The zero-order valence-electron chi connectivity index (χ0n) is 19.1. The number of piperidine rings is 1. The third kappa shape index (κ3) is 3.74. The van der Waals surface area contributed by atoms with E-state index in [1.807, 2.05) is 17.0 Å². The number of carboxylic acids is 1. The Morgan fingerprint density at radius 3 is 2.67 bits per heavy atom. The van der Waals surface area contributed by atoms with E-state index in [4.69, 9.17) is 14.2 Å². The van der Waals surface area contributed by atoms with Crippen LogP contribution in [0.4, 0.5) is 0 Å². The molecule has 0 aromatic heterocycles. The molecule has 7 nitrogen and oxygen atoms in total. The van der Waals surface area contributed by atoms with Crippen molar-refractivity contribution in [2.24, 2.45) is 11.8 Å². The van der Waals surface area contributed by atoms with Gasteiger partial charge in [-0.2, -0.15) is 0 Å². The lowest BCUT2D eigenvalue weighted by atomic mass is 9.70. The molecule has 3 heterocycles. The summed E-state index contributed by atoms with van der Waals surface area (Å²) in [6.45, 7) is 5.35. The maximum Gasteiger partial charge on any atom is 0.335 e. The second-order valence-corrected chi connectivity index (χ2v) is 9.71. The maximum absolute atomic E-state index is 13.1. The highest BCUT2D eigenvalue weighted by Gasteiger charge is 2.52. The molecule has 0 saturated carbocycles. The molecule has 2 aromatic carbocycles. The number of rotatable bonds is 3. The second-order valence-electron chi connectivity index (χ2n) is 9.71. The Balaban J connectivity index is 1.37. The van der Waals surface area contributed by atoms with Gasteiger partial charge in [0.15, 0.2) is 11.5 Å². The number of carbonyl (C=O) groups excluding carboxylic acids is 1. The predicted octanol–water partition coefficient (Wildman–Crippen LogP) is 4.17. The van der Waals surface area contributed by atoms with Crippen LogP contribution in [0, 0.1) is 11.8 Å². The van der Waals surface area contributed by atoms with E-state index >= 15 is 0 Å². The summed E-state index contributed by atoms with van der Waals surface area (Å²) in [5.41, 5.74) is 1.11. The van der Waals surface area contributed by atoms with Crippen molar-refractivity contribution in [2.75, 3.05) is 20.2 Å². The first-order valence-electron chi connectivity index (χ1n) is 11.4. The van der Waals surface area contributed by atoms with Crippen LogP contribution in [0.25, 0.3) is 0 Å². The molecule has 2 aromatic rings. The van der Waals surface area contributed by atoms with Crippen LogP contribution < -0.4 is 9.47 Å². The molecule has 3 aliphatic heterocycles. The summed E-state index contributed by atoms with van der Waals surface area (Å²) in [6, 6.07) is 12.2. The van der Waals surface area contributed by atoms with Crippen LogP contribution in [-0.4, -0.2) is 53.8 Å². The molecule has 0 unspecified atom stereocenters. The molecule has 2 saturated heterocycles. The second kappa shape index (κ2) is 8.06. The van der Waals surface area contributed by atoms with Crippen molar-refractivity contribution in [3.05, 3.63) is 59.2 Å². The summed E-state index contributed by atoms with van der Waals surface area (Å²) in [5.74, 6) is 0.647. The number of amides is 1. The molecule has 7 heteroatoms. The molecule has 33 heavy (non-hydrogen) atoms. The van der Waals surface area contributed by atoms with Crippen molar-refractivity contribution in [2.45, 2.75) is 44.5 Å². The Morgan fingerprint density at radius 1 is 1.15 bits per heavy atom. The molecule has 2 fully saturated rings. The molecule has 4 atom stereocenters. The number of para-hydroxylation sites is 1. The van der Waals surface area contributed by atoms with Crippen molar-refractivity contribution in [1.82, 2.24) is 4.90 Å². The molecule has 3 aliphatic rings. The van der Waals surface area contributed by atoms with Gasteiger partial charge in [-0.25, -0.2) is 4.79 Å². The largest absolute Gasteiger partial charge is 0.493 e. The summed E-state index contributed by atoms with van der Waals surface area (Å²) >= 11 is 0. The van der Waals surface area contributed by atoms with Gasteiger partial charge < -0.3 is 24.2 Å². The summed E-state index contributed by atoms with van der Waals surface area (Å²) < 4.78 is 18.7. The minimum absolute atomic E-state index is 0.0635. The van der Waals surface area contributed by atoms with Crippen LogP contribution in [0.5, 0.6) is 11.5 Å². The van der Waals surface area contributed by atoms with Gasteiger partial charge in [0.1, 0.15) is 5.60 Å². The lowest BCUT2D eigenvalue weighted by Gasteiger charge is -2.53. The lowest BCUT2D eigenvalue weighted by molar-refractivity contribution is -0.184. The van der Waals surface area contributed by atoms with Crippen molar-refractivity contribution in [3.8, 4) is 11.5 Å². The van der Waals surface area contributed by atoms with E-state index in [1.165, 1.54) is 12.1 Å². The van der Waals surface area contributed by atoms with E-state index < -0.39 is 11.6 Å². The number of likely N-dealkylation sites (tertiary alicyclic amines) is 1. The number of hydrogen-bond donors (Lipinski definition) is 1. The fraction of sp³-hybridized carbons (Fsp3) is 0.462. The normalized spacial score (nSPS) is 27.4. The molecule has 0 aliphatic carbocycles. The monoisotopic (exact) mass is 451 g/mol. The smallest absolute Gasteiger partial charge is 0.335 e. The minimum atomic E-state index is -1.04. The van der Waals surface area contributed by atoms with Crippen molar-refractivity contribution < 1.29 is 28.9 Å². The Morgan fingerprint density at radius 2 is 1.91 bits per heavy atom. The minimum Gasteiger partial charge on any atom is -0.493 e. The number of nitrogens with zero attached hydrogens (tertiary/aromatic N) is 1. The van der Waals surface area contributed by atoms with Crippen molar-refractivity contribution in [3.63, 3.8) is 0 Å². The van der Waals surface area contributed by atoms with E-state index in [9.17, 15) is 14.7 Å². The zero-order valence-corrected chi connectivity index (χ0v) is 19.1. The quantitative estimate of drug-likeness (QED) is 0.754. The highest BCUT2D eigenvalue weighted by atomic mass is 16.5. The van der Waals surface area contributed by atoms with Crippen LogP contribution in [-0.2, 0) is 4.74 Å². The molecule has 1 amide bonds. The average molecular weight is 452 g/mol. The topological polar surface area (TPSA) is 85.3 Å². The third-order valence-corrected chi connectivity index (χ3v) is 7.35. The predicted molar refractivity (Wildman–Crippen MR) is 121 cm³/mol. The molecule has 0 bridgehead atoms. The molecular weight excluding hydrogens is 422 g/mol. The Bertz CT molecular complexity index is 1100. The maximum atomic E-state index is 13.1. The average Bonchev–Trinajstić information content (AvgIpc) is 2.82. The van der Waals surface area contributed by atoms with Gasteiger partial charge in [-0.1, -0.05) is 18.2 Å². The number of methoxy groups -OCH3 is 1. The van der Waals surface area contributed by atoms with Gasteiger partial charge >= 0.3 is 5.97 Å². The highest BCUT2D eigenvalue weighted by Crippen LogP contribution is 2.55. The van der Waals surface area contributed by atoms with Crippen LogP contribution >= 0.6 is 0 Å². The highest BCUT2D eigenvalue weighted by molar-refractivity contribution is 5.97. The van der Waals surface area contributed by atoms with Gasteiger partial charge in [0.2, 0.25) is 0 Å². The number of aromatic carboxylic acids is 1. The Kier molecular flexibility index (Phi) is 5.32. The van der Waals surface area contributed by atoms with Gasteiger partial charge in [0, 0.05) is 36.1 Å². The van der Waals surface area contributed by atoms with E-state index in [2.05, 4.69) is 19.9 Å². The first-order valence-corrected chi connectivity index (χ1v) is 11.4. The Hall–Kier alpha value is -3.06. The van der Waals surface area contributed by atoms with Crippen LogP contribution in [0.15, 0.2) is 42.5 Å². The van der Waals surface area contributed by atoms with E-state index in [0.29, 0.717) is 24.4 Å². The molecule has 0 radical (unpaired) electrons. The van der Waals surface area contributed by atoms with Crippen LogP contribution in [0.3, 0.4) is 0 Å². The lowest BCUT2D eigenvalue weighted by Crippen LogP contribution is -2.56. The first-order chi connectivity index (χ1) is 15.8. The zero-order chi connectivity index (χ0) is 23.3. The van der Waals surface area contributed by atoms with Crippen LogP contribution in [0.2, 0.25) is 0 Å². The van der Waals surface area contributed by atoms with E-state index in [1.54, 1.807) is 19.2 Å². The number of carboxylic acid groups (broad SMARTS) is 1. The van der Waals surface area contributed by atoms with Crippen molar-refractivity contribution in [1.29, 1.82) is 0 Å². The number of carbonyl (C=O) groups is 2. The molecule has 1 N–H and O–H groups in total. The molecular formula is C26H29NO6. The number of benzene rings is 2. The SMILES string of the molecule is COc1cccc2c1OC(C)(C)[C@H]1C[C@@H]3CN(C(=O)c4cccc(C(=O)O)c4)CC[C@@H]3O[C@H]21. The number of fused-ring (bicyclic) bond motifs is 4. The van der Waals surface area contributed by atoms with Gasteiger partial charge in [-0.3, -0.25) is 4.79 Å². The van der Waals surface area contributed by atoms with E-state index in [0.717, 1.165) is 24.2 Å². The van der Waals surface area contributed by atoms with Crippen molar-refractivity contribution >= 4 is 11.9 Å². The fourth-order valence-electron chi connectivity index (χ4n) is 5.61. The fourth-order valence-corrected chi connectivity index (χ4v) is 5.61. The first kappa shape index (κ1) is 21.8. The van der Waals surface area contributed by atoms with Gasteiger partial charge in [-0.15, -0.1) is 0 Å². The van der Waals surface area contributed by atoms with E-state index in [-0.39, 0.29) is 35.5 Å². The Labute approximate surface area is 193 Å². The molecule has 0 spiro atoms. The third-order valence-electron chi connectivity index (χ3n) is 7.35. The summed E-state index contributed by atoms with van der Waals surface area (Å²) in [6.07, 6.45) is 1.62. The standard InChI is InChI=1S/C26H29NO6/c1-26(2)19-13-17-14-27(24(28)15-6-4-7-16(12-15)25(29)30)11-10-20(17)32-22(19)18-8-5-9-21(31-3)23(18)33-26/h4-9,12,17,19-20,22H,10-11,13-14H2,1-3H3,(H,29,30)/t17-,19+,20+,22-/m1/s1. The number of ether oxygens (including phenoxy) is 3. The summed E-state index contributed by atoms with van der Waals surface area (Å²) in [7, 11) is 1.65. The van der Waals surface area contributed by atoms with Crippen LogP contribution in [0.1, 0.15) is 59.1 Å².